The third kappa shape index (κ3) is 5.03. The van der Waals surface area contributed by atoms with Gasteiger partial charge in [-0.1, -0.05) is 166 Å². The van der Waals surface area contributed by atoms with Crippen molar-refractivity contribution in [2.24, 2.45) is 0 Å². The van der Waals surface area contributed by atoms with Crippen LogP contribution in [0.1, 0.15) is 25.0 Å². The first kappa shape index (κ1) is 34.5. The van der Waals surface area contributed by atoms with Gasteiger partial charge in [-0.05, 0) is 91.7 Å². The highest BCUT2D eigenvalue weighted by molar-refractivity contribution is 7.26. The van der Waals surface area contributed by atoms with Crippen molar-refractivity contribution in [3.8, 4) is 50.6 Å². The molecule has 0 saturated heterocycles. The first-order chi connectivity index (χ1) is 30.0. The fraction of sp³-hybridized carbons (Fsp3) is 0.0526. The van der Waals surface area contributed by atoms with E-state index in [1.165, 1.54) is 86.2 Å². The molecule has 0 radical (unpaired) electrons. The van der Waals surface area contributed by atoms with Gasteiger partial charge in [-0.25, -0.2) is 9.97 Å². The fourth-order valence-corrected chi connectivity index (χ4v) is 11.5. The van der Waals surface area contributed by atoms with Crippen molar-refractivity contribution in [1.29, 1.82) is 0 Å². The van der Waals surface area contributed by atoms with Crippen molar-refractivity contribution < 1.29 is 0 Å². The summed E-state index contributed by atoms with van der Waals surface area (Å²) in [6.07, 6.45) is 0. The highest BCUT2D eigenvalue weighted by atomic mass is 32.1. The predicted molar refractivity (Wildman–Crippen MR) is 258 cm³/mol. The highest BCUT2D eigenvalue weighted by Crippen LogP contribution is 2.50. The highest BCUT2D eigenvalue weighted by Gasteiger charge is 2.35. The molecule has 0 N–H and O–H groups in total. The number of para-hydroxylation sites is 2. The van der Waals surface area contributed by atoms with Crippen LogP contribution in [-0.2, 0) is 5.41 Å². The summed E-state index contributed by atoms with van der Waals surface area (Å²) in [6, 6.07) is 68.7. The summed E-state index contributed by atoms with van der Waals surface area (Å²) in [5.74, 6) is 0.672. The molecule has 61 heavy (non-hydrogen) atoms. The molecule has 4 heteroatoms. The average molecular weight is 796 g/mol. The van der Waals surface area contributed by atoms with Crippen LogP contribution in [-0.4, -0.2) is 14.5 Å². The lowest BCUT2D eigenvalue weighted by Gasteiger charge is -2.22. The van der Waals surface area contributed by atoms with Crippen LogP contribution in [0.5, 0.6) is 0 Å². The van der Waals surface area contributed by atoms with Gasteiger partial charge in [0, 0.05) is 47.3 Å². The van der Waals surface area contributed by atoms with E-state index in [1.807, 2.05) is 11.3 Å². The molecular weight excluding hydrogens is 759 g/mol. The minimum absolute atomic E-state index is 0.111. The van der Waals surface area contributed by atoms with Gasteiger partial charge in [0.05, 0.1) is 22.2 Å². The quantitative estimate of drug-likeness (QED) is 0.178. The Kier molecular flexibility index (Phi) is 7.23. The Morgan fingerprint density at radius 3 is 2.03 bits per heavy atom. The molecular formula is C57H37N3S. The fourth-order valence-electron chi connectivity index (χ4n) is 10.2. The number of rotatable bonds is 4. The maximum atomic E-state index is 5.48. The number of hydrogen-bond acceptors (Lipinski definition) is 3. The minimum Gasteiger partial charge on any atom is -0.278 e. The molecule has 3 heterocycles. The summed E-state index contributed by atoms with van der Waals surface area (Å²) < 4.78 is 4.93. The molecule has 1 aliphatic carbocycles. The van der Waals surface area contributed by atoms with E-state index in [9.17, 15) is 0 Å². The molecule has 13 rings (SSSR count). The molecule has 3 nitrogen and oxygen atoms in total. The van der Waals surface area contributed by atoms with Crippen LogP contribution in [0.2, 0.25) is 0 Å². The van der Waals surface area contributed by atoms with Gasteiger partial charge in [0.2, 0.25) is 5.95 Å². The number of fused-ring (bicyclic) bond motifs is 12. The van der Waals surface area contributed by atoms with Crippen molar-refractivity contribution in [1.82, 2.24) is 14.5 Å². The van der Waals surface area contributed by atoms with Crippen LogP contribution in [0, 0.1) is 0 Å². The molecule has 0 spiro atoms. The third-order valence-electron chi connectivity index (χ3n) is 13.2. The smallest absolute Gasteiger partial charge is 0.235 e. The maximum absolute atomic E-state index is 5.48. The maximum Gasteiger partial charge on any atom is 0.235 e. The van der Waals surface area contributed by atoms with Gasteiger partial charge in [0.15, 0.2) is 0 Å². The SMILES string of the molecule is CC1(C)c2ccccc2-c2ccc(-c3nc(-n4c5ccccc5c5c6ccc(-c7ccc(-c8cccc9c8sc8ccccc89)cc7)cc6ccc54)nc4ccccc34)cc21. The van der Waals surface area contributed by atoms with Crippen molar-refractivity contribution in [3.63, 3.8) is 0 Å². The Balaban J connectivity index is 0.929. The number of nitrogens with zero attached hydrogens (tertiary/aromatic N) is 3. The van der Waals surface area contributed by atoms with E-state index in [0.29, 0.717) is 5.95 Å². The number of hydrogen-bond donors (Lipinski definition) is 0. The Labute approximate surface area is 356 Å². The van der Waals surface area contributed by atoms with Crippen molar-refractivity contribution >= 4 is 75.0 Å². The van der Waals surface area contributed by atoms with Crippen LogP contribution < -0.4 is 0 Å². The molecule has 0 saturated carbocycles. The standard InChI is InChI=1S/C57H37N3S/c1-57(2)47-18-7-3-12-41(47)42-30-27-38(33-48(42)57)54-45-14-4-8-19-49(45)58-56(59-54)60-50-20-9-5-15-46(50)53-39-29-26-36(32-37(39)28-31-51(53)60)34-22-24-35(25-23-34)40-16-11-17-44-43-13-6-10-21-52(43)61-55(40)44/h3-33H,1-2H3. The number of thiophene rings is 1. The van der Waals surface area contributed by atoms with E-state index >= 15 is 0 Å². The van der Waals surface area contributed by atoms with Gasteiger partial charge >= 0.3 is 0 Å². The first-order valence-corrected chi connectivity index (χ1v) is 21.8. The van der Waals surface area contributed by atoms with E-state index in [0.717, 1.165) is 33.2 Å². The molecule has 0 aliphatic heterocycles. The van der Waals surface area contributed by atoms with Crippen LogP contribution in [0.3, 0.4) is 0 Å². The van der Waals surface area contributed by atoms with E-state index in [1.54, 1.807) is 0 Å². The van der Waals surface area contributed by atoms with E-state index < -0.39 is 0 Å². The lowest BCUT2D eigenvalue weighted by molar-refractivity contribution is 0.660. The normalized spacial score (nSPS) is 13.2. The summed E-state index contributed by atoms with van der Waals surface area (Å²) in [4.78, 5) is 10.8. The van der Waals surface area contributed by atoms with E-state index in [2.05, 4.69) is 206 Å². The second-order valence-electron chi connectivity index (χ2n) is 16.9. The summed E-state index contributed by atoms with van der Waals surface area (Å²) in [7, 11) is 0. The zero-order chi connectivity index (χ0) is 40.4. The largest absolute Gasteiger partial charge is 0.278 e. The van der Waals surface area contributed by atoms with Crippen LogP contribution in [0.15, 0.2) is 188 Å². The van der Waals surface area contributed by atoms with Crippen LogP contribution in [0.25, 0.3) is 114 Å². The lowest BCUT2D eigenvalue weighted by Crippen LogP contribution is -2.15. The molecule has 0 atom stereocenters. The lowest BCUT2D eigenvalue weighted by atomic mass is 9.82. The molecule has 0 amide bonds. The Morgan fingerprint density at radius 1 is 0.443 bits per heavy atom. The van der Waals surface area contributed by atoms with E-state index in [4.69, 9.17) is 9.97 Å². The first-order valence-electron chi connectivity index (χ1n) is 21.0. The molecule has 12 aromatic rings. The van der Waals surface area contributed by atoms with E-state index in [-0.39, 0.29) is 5.41 Å². The number of benzene rings is 9. The van der Waals surface area contributed by atoms with Gasteiger partial charge < -0.3 is 0 Å². The Bertz CT molecular complexity index is 3790. The topological polar surface area (TPSA) is 30.7 Å². The average Bonchev–Trinajstić information content (AvgIpc) is 3.94. The van der Waals surface area contributed by atoms with Crippen molar-refractivity contribution in [2.45, 2.75) is 19.3 Å². The summed E-state index contributed by atoms with van der Waals surface area (Å²) >= 11 is 1.88. The summed E-state index contributed by atoms with van der Waals surface area (Å²) in [5, 5.41) is 8.51. The van der Waals surface area contributed by atoms with Gasteiger partial charge in [-0.3, -0.25) is 4.57 Å². The monoisotopic (exact) mass is 795 g/mol. The minimum atomic E-state index is -0.111. The third-order valence-corrected chi connectivity index (χ3v) is 14.5. The zero-order valence-electron chi connectivity index (χ0n) is 33.6. The molecule has 0 unspecified atom stereocenters. The molecule has 286 valence electrons. The van der Waals surface area contributed by atoms with Crippen molar-refractivity contribution in [2.75, 3.05) is 0 Å². The predicted octanol–water partition coefficient (Wildman–Crippen LogP) is 15.6. The number of aromatic nitrogens is 3. The van der Waals surface area contributed by atoms with Gasteiger partial charge in [0.25, 0.3) is 0 Å². The second-order valence-corrected chi connectivity index (χ2v) is 18.0. The van der Waals surface area contributed by atoms with Gasteiger partial charge in [-0.15, -0.1) is 11.3 Å². The summed E-state index contributed by atoms with van der Waals surface area (Å²) in [6.45, 7) is 4.67. The zero-order valence-corrected chi connectivity index (χ0v) is 34.5. The molecule has 0 bridgehead atoms. The Morgan fingerprint density at radius 2 is 1.13 bits per heavy atom. The van der Waals surface area contributed by atoms with Crippen molar-refractivity contribution in [3.05, 3.63) is 199 Å². The summed E-state index contributed by atoms with van der Waals surface area (Å²) in [5.41, 5.74) is 15.3. The van der Waals surface area contributed by atoms with Gasteiger partial charge in [0.1, 0.15) is 0 Å². The molecule has 0 fully saturated rings. The van der Waals surface area contributed by atoms with Crippen LogP contribution in [0.4, 0.5) is 0 Å². The Hall–Kier alpha value is -7.40. The molecule has 9 aromatic carbocycles. The molecule has 3 aromatic heterocycles. The van der Waals surface area contributed by atoms with Crippen LogP contribution >= 0.6 is 11.3 Å². The molecule has 1 aliphatic rings. The second kappa shape index (κ2) is 12.8. The van der Waals surface area contributed by atoms with Gasteiger partial charge in [-0.2, -0.15) is 0 Å².